The van der Waals surface area contributed by atoms with Crippen molar-refractivity contribution >= 4 is 136 Å². The Balaban J connectivity index is 0.000000132. The van der Waals surface area contributed by atoms with Crippen LogP contribution < -0.4 is 20.7 Å². The third-order valence-corrected chi connectivity index (χ3v) is 28.7. The van der Waals surface area contributed by atoms with E-state index in [1.54, 1.807) is 45.4 Å². The molecule has 6 aliphatic rings. The zero-order valence-electron chi connectivity index (χ0n) is 76.2. The van der Waals surface area contributed by atoms with Gasteiger partial charge in [-0.3, -0.25) is 33.8 Å². The summed E-state index contributed by atoms with van der Waals surface area (Å²) in [4.78, 5) is 101. The molecule has 0 saturated heterocycles. The first kappa shape index (κ1) is 87.5. The van der Waals surface area contributed by atoms with Gasteiger partial charge in [0.25, 0.3) is 17.7 Å². The summed E-state index contributed by atoms with van der Waals surface area (Å²) in [5, 5.41) is 14.4. The highest BCUT2D eigenvalue weighted by Crippen LogP contribution is 2.50. The minimum absolute atomic E-state index is 0.000600. The number of methoxy groups -OCH3 is 1. The van der Waals surface area contributed by atoms with Crippen LogP contribution in [0.4, 0.5) is 0 Å². The summed E-state index contributed by atoms with van der Waals surface area (Å²) in [6, 6.07) is 46.1. The van der Waals surface area contributed by atoms with Gasteiger partial charge in [0, 0.05) is 110 Å². The Bertz CT molecular complexity index is 7040. The van der Waals surface area contributed by atoms with E-state index in [4.69, 9.17) is 36.3 Å². The van der Waals surface area contributed by atoms with E-state index in [9.17, 15) is 28.8 Å². The molecule has 664 valence electrons. The number of carbonyl (C=O) groups is 6. The van der Waals surface area contributed by atoms with Gasteiger partial charge in [0.2, 0.25) is 5.88 Å². The number of pyridine rings is 2. The van der Waals surface area contributed by atoms with E-state index < -0.39 is 16.6 Å². The van der Waals surface area contributed by atoms with Crippen LogP contribution in [0.2, 0.25) is 5.02 Å². The number of rotatable bonds is 22. The van der Waals surface area contributed by atoms with Crippen LogP contribution in [-0.2, 0) is 73.3 Å². The molecule has 0 spiro atoms. The maximum absolute atomic E-state index is 14.1. The van der Waals surface area contributed by atoms with Crippen LogP contribution in [-0.4, -0.2) is 94.5 Å². The molecule has 0 unspecified atom stereocenters. The van der Waals surface area contributed by atoms with Gasteiger partial charge in [-0.15, -0.1) is 0 Å². The van der Waals surface area contributed by atoms with Crippen molar-refractivity contribution in [3.05, 3.63) is 261 Å². The molecular formula is C108H113ClN14O7. The minimum atomic E-state index is -0.670. The molecule has 21 nitrogen and oxygen atoms in total. The predicted molar refractivity (Wildman–Crippen MR) is 520 cm³/mol. The van der Waals surface area contributed by atoms with Crippen LogP contribution in [0.1, 0.15) is 261 Å². The minimum Gasteiger partial charge on any atom is -0.481 e. The first-order chi connectivity index (χ1) is 62.7. The second-order valence-electron chi connectivity index (χ2n) is 37.1. The molecule has 5 saturated carbocycles. The Morgan fingerprint density at radius 1 is 0.415 bits per heavy atom. The fourth-order valence-electron chi connectivity index (χ4n) is 21.6. The third-order valence-electron chi connectivity index (χ3n) is 28.4. The van der Waals surface area contributed by atoms with Crippen molar-refractivity contribution in [2.45, 2.75) is 190 Å². The molecule has 8 aromatic heterocycles. The quantitative estimate of drug-likeness (QED) is 0.0424. The predicted octanol–water partition coefficient (Wildman–Crippen LogP) is 22.4. The van der Waals surface area contributed by atoms with E-state index >= 15 is 0 Å². The Morgan fingerprint density at radius 3 is 1.16 bits per heavy atom. The van der Waals surface area contributed by atoms with Crippen LogP contribution in [0.3, 0.4) is 0 Å². The topological polar surface area (TPSA) is 242 Å². The Morgan fingerprint density at radius 2 is 0.792 bits per heavy atom. The number of nitrogens with one attached hydrogen (secondary N) is 3. The van der Waals surface area contributed by atoms with Gasteiger partial charge in [-0.2, -0.15) is 0 Å². The van der Waals surface area contributed by atoms with Gasteiger partial charge in [0.1, 0.15) is 23.0 Å². The molecular weight excluding hydrogens is 1640 g/mol. The highest BCUT2D eigenvalue weighted by Gasteiger charge is 2.47. The summed E-state index contributed by atoms with van der Waals surface area (Å²) in [6.07, 6.45) is 37.4. The smallest absolute Gasteiger partial charge is 0.252 e. The van der Waals surface area contributed by atoms with Crippen molar-refractivity contribution in [1.82, 2.24) is 68.3 Å². The van der Waals surface area contributed by atoms with Gasteiger partial charge in [-0.1, -0.05) is 130 Å². The van der Waals surface area contributed by atoms with Gasteiger partial charge < -0.3 is 48.1 Å². The number of fused-ring (bicyclic) bond motifs is 6. The molecule has 130 heavy (non-hydrogen) atoms. The van der Waals surface area contributed by atoms with E-state index in [-0.39, 0.29) is 35.1 Å². The molecule has 5 fully saturated rings. The Kier molecular flexibility index (Phi) is 24.1. The number of allylic oxidation sites excluding steroid dienone is 4. The Labute approximate surface area is 762 Å². The lowest BCUT2D eigenvalue weighted by atomic mass is 9.75. The number of aryl methyl sites for hydroxylation is 6. The first-order valence-corrected chi connectivity index (χ1v) is 46.3. The largest absolute Gasteiger partial charge is 0.481 e. The number of amides is 3. The average Bonchev–Trinajstić information content (AvgIpc) is 1.58. The second-order valence-corrected chi connectivity index (χ2v) is 37.5. The lowest BCUT2D eigenvalue weighted by Gasteiger charge is -2.41. The zero-order valence-corrected chi connectivity index (χ0v) is 77.0. The normalized spacial score (nSPS) is 16.6. The molecule has 8 heterocycles. The van der Waals surface area contributed by atoms with Crippen molar-refractivity contribution in [2.24, 2.45) is 42.3 Å². The van der Waals surface area contributed by atoms with Crippen LogP contribution in [0.25, 0.3) is 112 Å². The van der Waals surface area contributed by atoms with E-state index in [2.05, 4.69) is 113 Å². The van der Waals surface area contributed by atoms with Crippen LogP contribution in [0, 0.1) is 0 Å². The molecule has 14 aromatic rings. The number of aromatic nitrogens is 11. The number of hydrogen-bond acceptors (Lipinski definition) is 12. The van der Waals surface area contributed by atoms with Crippen LogP contribution >= 0.6 is 11.6 Å². The average molecular weight is 1750 g/mol. The van der Waals surface area contributed by atoms with E-state index in [0.717, 1.165) is 176 Å². The summed E-state index contributed by atoms with van der Waals surface area (Å²) in [6.45, 7) is 11.0. The van der Waals surface area contributed by atoms with E-state index in [0.29, 0.717) is 58.2 Å². The molecule has 0 aliphatic heterocycles. The number of ketones is 3. The third kappa shape index (κ3) is 16.5. The zero-order chi connectivity index (χ0) is 90.8. The molecule has 3 N–H and O–H groups in total. The molecule has 22 heteroatoms. The lowest BCUT2D eigenvalue weighted by molar-refractivity contribution is -0.113. The number of nitrogens with zero attached hydrogens (tertiary/aromatic N) is 11. The Hall–Kier alpha value is -13.1. The number of carbonyl (C=O) groups excluding carboxylic acids is 6. The molecule has 6 aliphatic carbocycles. The molecule has 0 radical (unpaired) electrons. The van der Waals surface area contributed by atoms with Crippen LogP contribution in [0.15, 0.2) is 183 Å². The number of benzene rings is 6. The van der Waals surface area contributed by atoms with Crippen molar-refractivity contribution in [3.63, 3.8) is 0 Å². The molecule has 0 bridgehead atoms. The monoisotopic (exact) mass is 1750 g/mol. The maximum atomic E-state index is 14.1. The van der Waals surface area contributed by atoms with Crippen molar-refractivity contribution in [1.29, 1.82) is 0 Å². The number of hydrogen-bond donors (Lipinski definition) is 3. The summed E-state index contributed by atoms with van der Waals surface area (Å²) < 4.78 is 18.3. The molecule has 3 amide bonds. The van der Waals surface area contributed by atoms with Crippen molar-refractivity contribution in [2.75, 3.05) is 7.11 Å². The summed E-state index contributed by atoms with van der Waals surface area (Å²) in [7, 11) is 13.9. The fourth-order valence-corrected chi connectivity index (χ4v) is 21.7. The summed E-state index contributed by atoms with van der Waals surface area (Å²) >= 11 is 6.19. The van der Waals surface area contributed by atoms with Gasteiger partial charge in [0.15, 0.2) is 17.3 Å². The second kappa shape index (κ2) is 35.7. The number of halogens is 1. The first-order valence-electron chi connectivity index (χ1n) is 46.0. The highest BCUT2D eigenvalue weighted by molar-refractivity contribution is 6.30. The fraction of sp³-hybridized carbons (Fsp3) is 0.343. The number of ether oxygens (including phenoxy) is 1. The van der Waals surface area contributed by atoms with E-state index in [1.165, 1.54) is 96.8 Å². The van der Waals surface area contributed by atoms with Crippen LogP contribution in [0.5, 0.6) is 5.88 Å². The SMILES string of the molecule is C=C(C)c1c(C2CCCC2)c2ccc(C(=O)NC3(c4nc5ccc(/C=C/C(C)=O)cc5n4C)CCC3)cc2n1C.CC(=O)/C=C/c1ccc2nc(C3(NC(=O)c4ccc5c(C6CCCC6)c(-c6ccc(Cl)cn6)n(C)c5c4)CC=CC3)n(C)c2c1.COc1cccc(-c2c(C3CCCC3)c3ccc(C(=O)NC4(c5nc6ccc(/C=C/C(C)=O)cc6n5C)CCC4)cc3n2C)n1. The van der Waals surface area contributed by atoms with Gasteiger partial charge in [0.05, 0.1) is 79.1 Å². The van der Waals surface area contributed by atoms with Gasteiger partial charge in [-0.05, 0) is 284 Å². The molecule has 6 aromatic carbocycles. The summed E-state index contributed by atoms with van der Waals surface area (Å²) in [5.74, 6) is 4.34. The highest BCUT2D eigenvalue weighted by atomic mass is 35.5. The van der Waals surface area contributed by atoms with E-state index in [1.807, 2.05) is 161 Å². The summed E-state index contributed by atoms with van der Waals surface area (Å²) in [5.41, 5.74) is 22.0. The lowest BCUT2D eigenvalue weighted by Crippen LogP contribution is -2.52. The molecule has 20 rings (SSSR count). The van der Waals surface area contributed by atoms with Crippen molar-refractivity contribution < 1.29 is 33.5 Å². The standard InChI is InChI=1S/C37H36ClN5O2.C37H39N5O3.C34H38N4O2/c1-23(44)10-11-24-12-16-29-32(20-24)43(3)36(40-29)37(18-6-7-19-37)41-35(45)26-13-15-28-31(21-26)42(2)34(30-17-14-27(38)22-39-30)33(28)25-8-4-5-9-25;1-23(43)13-14-24-15-18-28-31(21-24)42(3)36(39-28)37(19-8-20-37)40-35(44)26-16-17-27-30(22-26)41(2)34(33(27)25-9-5-6-10-25)29-11-7-12-32(38-29)45-4;1-21(2)31-30(24-9-6-7-10-24)26-15-14-25(20-28(26)37(31)4)32(40)36-34(17-8-18-34)33-35-27-16-13-23(12-11-22(3)39)19-29(27)38(33)5/h6-7,10-17,20-22,25H,4-5,8-9,18-19H2,1-3H3,(H,41,45);7,11-18,21-22,25H,5-6,8-10,19-20H2,1-4H3,(H,40,44);11-16,19-20,24H,1,6-10,17-18H2,2-5H3,(H,36,40)/b11-10+;14-13+;12-11+. The maximum Gasteiger partial charge on any atom is 0.252 e. The molecule has 0 atom stereocenters. The van der Waals surface area contributed by atoms with Gasteiger partial charge in [-0.25, -0.2) is 19.9 Å². The number of imidazole rings is 3. The van der Waals surface area contributed by atoms with Crippen molar-refractivity contribution in [3.8, 4) is 28.7 Å². The van der Waals surface area contributed by atoms with Gasteiger partial charge >= 0.3 is 0 Å².